The van der Waals surface area contributed by atoms with Gasteiger partial charge in [-0.25, -0.2) is 0 Å². The molecule has 0 saturated heterocycles. The minimum absolute atomic E-state index is 0.0555. The number of nitrogens with one attached hydrogen (secondary N) is 1. The number of rotatable bonds is 14. The highest BCUT2D eigenvalue weighted by molar-refractivity contribution is 5.76. The molecule has 20 heavy (non-hydrogen) atoms. The number of carbonyl (C=O) groups excluding carboxylic acids is 1. The Morgan fingerprint density at radius 2 is 1.55 bits per heavy atom. The van der Waals surface area contributed by atoms with Crippen molar-refractivity contribution in [1.29, 1.82) is 0 Å². The highest BCUT2D eigenvalue weighted by Gasteiger charge is 2.09. The zero-order chi connectivity index (χ0) is 15.1. The summed E-state index contributed by atoms with van der Waals surface area (Å²) in [5, 5.41) is 20.8. The molecule has 1 unspecified atom stereocenters. The average Bonchev–Trinajstić information content (AvgIpc) is 2.43. The van der Waals surface area contributed by atoms with Gasteiger partial charge < -0.3 is 15.5 Å². The number of hydrogen-bond donors (Lipinski definition) is 3. The lowest BCUT2D eigenvalue weighted by atomic mass is 10.0. The molecule has 0 aromatic rings. The largest absolute Gasteiger partial charge is 0.395 e. The van der Waals surface area contributed by atoms with Crippen LogP contribution in [0.3, 0.4) is 0 Å². The van der Waals surface area contributed by atoms with Crippen molar-refractivity contribution in [2.45, 2.75) is 83.7 Å². The van der Waals surface area contributed by atoms with Crippen LogP contribution in [-0.4, -0.2) is 35.4 Å². The molecule has 0 saturated carbocycles. The summed E-state index contributed by atoms with van der Waals surface area (Å²) in [6, 6.07) is 0. The molecule has 0 bridgehead atoms. The molecule has 4 heteroatoms. The lowest BCUT2D eigenvalue weighted by Gasteiger charge is -2.10. The maximum absolute atomic E-state index is 11.3. The summed E-state index contributed by atoms with van der Waals surface area (Å²) < 4.78 is 0. The van der Waals surface area contributed by atoms with Crippen LogP contribution in [0.4, 0.5) is 0 Å². The minimum atomic E-state index is -0.543. The van der Waals surface area contributed by atoms with Crippen LogP contribution < -0.4 is 5.32 Å². The molecule has 0 aliphatic heterocycles. The predicted octanol–water partition coefficient (Wildman–Crippen LogP) is 2.77. The molecular formula is C16H33NO3. The third kappa shape index (κ3) is 13.8. The van der Waals surface area contributed by atoms with Gasteiger partial charge in [-0.3, -0.25) is 4.79 Å². The quantitative estimate of drug-likeness (QED) is 0.430. The van der Waals surface area contributed by atoms with E-state index >= 15 is 0 Å². The highest BCUT2D eigenvalue weighted by atomic mass is 16.3. The van der Waals surface area contributed by atoms with Gasteiger partial charge in [0.25, 0.3) is 0 Å². The number of unbranched alkanes of at least 4 members (excludes halogenated alkanes) is 8. The molecule has 0 fully saturated rings. The van der Waals surface area contributed by atoms with Gasteiger partial charge >= 0.3 is 0 Å². The van der Waals surface area contributed by atoms with Gasteiger partial charge in [-0.1, -0.05) is 64.7 Å². The summed E-state index contributed by atoms with van der Waals surface area (Å²) in [7, 11) is 0. The van der Waals surface area contributed by atoms with E-state index < -0.39 is 6.10 Å². The summed E-state index contributed by atoms with van der Waals surface area (Å²) in [5.74, 6) is -0.178. The Morgan fingerprint density at radius 1 is 1.00 bits per heavy atom. The monoisotopic (exact) mass is 287 g/mol. The van der Waals surface area contributed by atoms with E-state index in [1.165, 1.54) is 44.9 Å². The van der Waals surface area contributed by atoms with Gasteiger partial charge in [-0.15, -0.1) is 0 Å². The number of aliphatic hydroxyl groups is 2. The second-order valence-corrected chi connectivity index (χ2v) is 5.55. The van der Waals surface area contributed by atoms with Crippen LogP contribution in [0.25, 0.3) is 0 Å². The van der Waals surface area contributed by atoms with Crippen LogP contribution in [-0.2, 0) is 4.79 Å². The molecule has 0 spiro atoms. The summed E-state index contributed by atoms with van der Waals surface area (Å²) in [5.41, 5.74) is 0. The van der Waals surface area contributed by atoms with Gasteiger partial charge in [0, 0.05) is 6.54 Å². The minimum Gasteiger partial charge on any atom is -0.395 e. The zero-order valence-electron chi connectivity index (χ0n) is 13.1. The second-order valence-electron chi connectivity index (χ2n) is 5.55. The maximum Gasteiger partial charge on any atom is 0.222 e. The molecule has 0 rings (SSSR count). The Bertz CT molecular complexity index is 222. The van der Waals surface area contributed by atoms with Crippen molar-refractivity contribution >= 4 is 5.91 Å². The first-order valence-corrected chi connectivity index (χ1v) is 8.26. The van der Waals surface area contributed by atoms with E-state index in [1.54, 1.807) is 0 Å². The third-order valence-electron chi connectivity index (χ3n) is 3.50. The van der Waals surface area contributed by atoms with Crippen LogP contribution in [0, 0.1) is 0 Å². The van der Waals surface area contributed by atoms with Gasteiger partial charge in [-0.05, 0) is 6.42 Å². The van der Waals surface area contributed by atoms with Crippen molar-refractivity contribution in [1.82, 2.24) is 5.32 Å². The number of hydrogen-bond acceptors (Lipinski definition) is 3. The molecule has 0 aromatic heterocycles. The van der Waals surface area contributed by atoms with E-state index in [1.807, 2.05) is 0 Å². The Labute approximate surface area is 124 Å². The predicted molar refractivity (Wildman–Crippen MR) is 82.6 cm³/mol. The molecule has 1 amide bonds. The molecular weight excluding hydrogens is 254 g/mol. The van der Waals surface area contributed by atoms with E-state index in [-0.39, 0.29) is 25.5 Å². The Kier molecular flexibility index (Phi) is 14.3. The van der Waals surface area contributed by atoms with Crippen molar-refractivity contribution in [3.63, 3.8) is 0 Å². The van der Waals surface area contributed by atoms with Crippen LogP contribution >= 0.6 is 0 Å². The van der Waals surface area contributed by atoms with Gasteiger partial charge in [0.15, 0.2) is 0 Å². The Hall–Kier alpha value is -0.610. The Balaban J connectivity index is 3.26. The van der Waals surface area contributed by atoms with E-state index in [4.69, 9.17) is 5.11 Å². The number of carbonyl (C=O) groups is 1. The molecule has 0 aliphatic carbocycles. The Morgan fingerprint density at radius 3 is 2.10 bits per heavy atom. The van der Waals surface area contributed by atoms with Crippen molar-refractivity contribution < 1.29 is 15.0 Å². The summed E-state index contributed by atoms with van der Waals surface area (Å²) >= 11 is 0. The molecule has 4 nitrogen and oxygen atoms in total. The summed E-state index contributed by atoms with van der Waals surface area (Å²) in [4.78, 5) is 11.3. The smallest absolute Gasteiger partial charge is 0.222 e. The van der Waals surface area contributed by atoms with E-state index in [2.05, 4.69) is 12.2 Å². The van der Waals surface area contributed by atoms with Crippen LogP contribution in [0.15, 0.2) is 0 Å². The fourth-order valence-corrected chi connectivity index (χ4v) is 2.27. The topological polar surface area (TPSA) is 69.6 Å². The fourth-order valence-electron chi connectivity index (χ4n) is 2.27. The van der Waals surface area contributed by atoms with E-state index in [0.29, 0.717) is 6.42 Å². The number of aliphatic hydroxyl groups excluding tert-OH is 2. The van der Waals surface area contributed by atoms with Crippen molar-refractivity contribution in [3.05, 3.63) is 0 Å². The van der Waals surface area contributed by atoms with Crippen LogP contribution in [0.5, 0.6) is 0 Å². The number of amides is 1. The molecule has 0 aliphatic rings. The normalized spacial score (nSPS) is 12.3. The van der Waals surface area contributed by atoms with Crippen molar-refractivity contribution in [2.24, 2.45) is 0 Å². The highest BCUT2D eigenvalue weighted by Crippen LogP contribution is 2.12. The second kappa shape index (κ2) is 14.8. The van der Waals surface area contributed by atoms with Gasteiger partial charge in [0.05, 0.1) is 19.1 Å². The zero-order valence-corrected chi connectivity index (χ0v) is 13.1. The van der Waals surface area contributed by atoms with E-state index in [0.717, 1.165) is 12.8 Å². The summed E-state index contributed by atoms with van der Waals surface area (Å²) in [6.07, 6.45) is 11.6. The van der Waals surface area contributed by atoms with Crippen LogP contribution in [0.2, 0.25) is 0 Å². The molecule has 0 heterocycles. The third-order valence-corrected chi connectivity index (χ3v) is 3.50. The first kappa shape index (κ1) is 19.4. The maximum atomic E-state index is 11.3. The lowest BCUT2D eigenvalue weighted by Crippen LogP contribution is -2.29. The first-order chi connectivity index (χ1) is 9.70. The fraction of sp³-hybridized carbons (Fsp3) is 0.938. The van der Waals surface area contributed by atoms with Gasteiger partial charge in [0.1, 0.15) is 0 Å². The van der Waals surface area contributed by atoms with Crippen molar-refractivity contribution in [3.8, 4) is 0 Å². The van der Waals surface area contributed by atoms with E-state index in [9.17, 15) is 9.90 Å². The molecule has 0 aromatic carbocycles. The molecule has 0 radical (unpaired) electrons. The molecule has 120 valence electrons. The molecule has 1 atom stereocenters. The standard InChI is InChI=1S/C16H33NO3/c1-2-3-4-5-6-7-8-9-10-11-15(19)14-16(20)17-12-13-18/h15,18-19H,2-14H2,1H3,(H,17,20). The van der Waals surface area contributed by atoms with Crippen molar-refractivity contribution in [2.75, 3.05) is 13.2 Å². The molecule has 3 N–H and O–H groups in total. The van der Waals surface area contributed by atoms with Crippen LogP contribution in [0.1, 0.15) is 77.6 Å². The lowest BCUT2D eigenvalue weighted by molar-refractivity contribution is -0.123. The first-order valence-electron chi connectivity index (χ1n) is 8.26. The van der Waals surface area contributed by atoms with Gasteiger partial charge in [0.2, 0.25) is 5.91 Å². The SMILES string of the molecule is CCCCCCCCCCCC(O)CC(=O)NCCO. The summed E-state index contributed by atoms with van der Waals surface area (Å²) in [6.45, 7) is 2.44. The average molecular weight is 287 g/mol. The van der Waals surface area contributed by atoms with Gasteiger partial charge in [-0.2, -0.15) is 0 Å².